The number of hydrogen-bond acceptors (Lipinski definition) is 4. The van der Waals surface area contributed by atoms with Crippen LogP contribution in [0.1, 0.15) is 97.8 Å². The Kier molecular flexibility index (Phi) is 17.2. The Morgan fingerprint density at radius 1 is 0.560 bits per heavy atom. The second-order valence-electron chi connectivity index (χ2n) is 8.13. The quantitative estimate of drug-likeness (QED) is 0.265. The van der Waals surface area contributed by atoms with Crippen molar-refractivity contribution in [1.29, 1.82) is 0 Å². The molecule has 0 aromatic heterocycles. The zero-order valence-corrected chi connectivity index (χ0v) is 17.1. The molecule has 152 valence electrons. The summed E-state index contributed by atoms with van der Waals surface area (Å²) < 4.78 is 12.0. The van der Waals surface area contributed by atoms with E-state index in [-0.39, 0.29) is 11.7 Å². The Morgan fingerprint density at radius 2 is 0.880 bits per heavy atom. The van der Waals surface area contributed by atoms with Crippen molar-refractivity contribution in [1.82, 2.24) is 0 Å². The fourth-order valence-corrected chi connectivity index (χ4v) is 2.77. The average molecular weight is 361 g/mol. The van der Waals surface area contributed by atoms with E-state index in [0.717, 1.165) is 51.7 Å². The van der Waals surface area contributed by atoms with E-state index in [0.29, 0.717) is 13.2 Å². The number of aliphatic hydroxyl groups excluding tert-OH is 2. The maximum atomic E-state index is 8.75. The molecule has 0 unspecified atom stereocenters. The topological polar surface area (TPSA) is 58.9 Å². The highest BCUT2D eigenvalue weighted by atomic mass is 16.7. The predicted molar refractivity (Wildman–Crippen MR) is 105 cm³/mol. The first-order valence-electron chi connectivity index (χ1n) is 10.5. The number of rotatable bonds is 18. The standard InChI is InChI=1S/C21H44O4/c1-21(2,3)20(24-18-14-10-6-4-8-12-16-22)25-19-15-11-7-5-9-13-17-23/h20,22-23H,4-19H2,1-3H3. The summed E-state index contributed by atoms with van der Waals surface area (Å²) in [6.07, 6.45) is 13.4. The van der Waals surface area contributed by atoms with Crippen molar-refractivity contribution < 1.29 is 19.7 Å². The van der Waals surface area contributed by atoms with Crippen LogP contribution in [0.2, 0.25) is 0 Å². The molecule has 0 saturated heterocycles. The van der Waals surface area contributed by atoms with Crippen LogP contribution in [-0.4, -0.2) is 42.9 Å². The smallest absolute Gasteiger partial charge is 0.162 e. The largest absolute Gasteiger partial charge is 0.396 e. The monoisotopic (exact) mass is 360 g/mol. The second-order valence-corrected chi connectivity index (χ2v) is 8.13. The van der Waals surface area contributed by atoms with Crippen molar-refractivity contribution in [2.75, 3.05) is 26.4 Å². The van der Waals surface area contributed by atoms with Crippen molar-refractivity contribution in [3.05, 3.63) is 0 Å². The van der Waals surface area contributed by atoms with Gasteiger partial charge in [-0.1, -0.05) is 72.1 Å². The number of hydrogen-bond donors (Lipinski definition) is 2. The van der Waals surface area contributed by atoms with Gasteiger partial charge in [0.05, 0.1) is 0 Å². The van der Waals surface area contributed by atoms with Crippen LogP contribution in [0.4, 0.5) is 0 Å². The lowest BCUT2D eigenvalue weighted by atomic mass is 9.96. The lowest BCUT2D eigenvalue weighted by Crippen LogP contribution is -2.32. The highest BCUT2D eigenvalue weighted by Gasteiger charge is 2.25. The van der Waals surface area contributed by atoms with Crippen LogP contribution in [0.3, 0.4) is 0 Å². The summed E-state index contributed by atoms with van der Waals surface area (Å²) in [6.45, 7) is 8.67. The molecule has 25 heavy (non-hydrogen) atoms. The van der Waals surface area contributed by atoms with Gasteiger partial charge in [-0.2, -0.15) is 0 Å². The van der Waals surface area contributed by atoms with Gasteiger partial charge in [0.2, 0.25) is 0 Å². The van der Waals surface area contributed by atoms with Gasteiger partial charge in [0.15, 0.2) is 6.29 Å². The van der Waals surface area contributed by atoms with Gasteiger partial charge >= 0.3 is 0 Å². The molecule has 0 bridgehead atoms. The molecule has 4 nitrogen and oxygen atoms in total. The third-order valence-corrected chi connectivity index (χ3v) is 4.35. The van der Waals surface area contributed by atoms with E-state index >= 15 is 0 Å². The van der Waals surface area contributed by atoms with Crippen LogP contribution in [-0.2, 0) is 9.47 Å². The Bertz CT molecular complexity index is 243. The van der Waals surface area contributed by atoms with E-state index in [1.54, 1.807) is 0 Å². The average Bonchev–Trinajstić information content (AvgIpc) is 2.56. The van der Waals surface area contributed by atoms with Gasteiger partial charge in [-0.25, -0.2) is 0 Å². The Labute approximate surface area is 156 Å². The molecule has 0 fully saturated rings. The molecule has 0 rings (SSSR count). The normalized spacial score (nSPS) is 12.2. The summed E-state index contributed by atoms with van der Waals surface area (Å²) in [6, 6.07) is 0. The van der Waals surface area contributed by atoms with Crippen molar-refractivity contribution in [3.8, 4) is 0 Å². The molecule has 0 spiro atoms. The van der Waals surface area contributed by atoms with Crippen molar-refractivity contribution in [2.24, 2.45) is 5.41 Å². The Morgan fingerprint density at radius 3 is 1.20 bits per heavy atom. The lowest BCUT2D eigenvalue weighted by molar-refractivity contribution is -0.195. The zero-order chi connectivity index (χ0) is 18.8. The predicted octanol–water partition coefficient (Wildman–Crippen LogP) is 5.06. The third kappa shape index (κ3) is 17.0. The minimum atomic E-state index is -0.128. The third-order valence-electron chi connectivity index (χ3n) is 4.35. The molecule has 0 radical (unpaired) electrons. The number of ether oxygens (including phenoxy) is 2. The minimum Gasteiger partial charge on any atom is -0.396 e. The van der Waals surface area contributed by atoms with Gasteiger partial charge in [0.1, 0.15) is 0 Å². The van der Waals surface area contributed by atoms with Crippen LogP contribution in [0.15, 0.2) is 0 Å². The van der Waals surface area contributed by atoms with Crippen LogP contribution < -0.4 is 0 Å². The fourth-order valence-electron chi connectivity index (χ4n) is 2.77. The van der Waals surface area contributed by atoms with Crippen molar-refractivity contribution in [2.45, 2.75) is 104 Å². The van der Waals surface area contributed by atoms with E-state index in [9.17, 15) is 0 Å². The lowest BCUT2D eigenvalue weighted by Gasteiger charge is -2.30. The molecule has 0 atom stereocenters. The Balaban J connectivity index is 3.67. The first-order valence-corrected chi connectivity index (χ1v) is 10.5. The summed E-state index contributed by atoms with van der Waals surface area (Å²) in [5.41, 5.74) is 0.00223. The van der Waals surface area contributed by atoms with Crippen molar-refractivity contribution >= 4 is 0 Å². The number of unbranched alkanes of at least 4 members (excludes halogenated alkanes) is 10. The van der Waals surface area contributed by atoms with E-state index in [2.05, 4.69) is 20.8 Å². The van der Waals surface area contributed by atoms with Crippen LogP contribution in [0.25, 0.3) is 0 Å². The Hall–Kier alpha value is -0.160. The van der Waals surface area contributed by atoms with Crippen molar-refractivity contribution in [3.63, 3.8) is 0 Å². The summed E-state index contributed by atoms with van der Waals surface area (Å²) >= 11 is 0. The minimum absolute atomic E-state index is 0.00223. The maximum absolute atomic E-state index is 8.75. The summed E-state index contributed by atoms with van der Waals surface area (Å²) in [4.78, 5) is 0. The molecular weight excluding hydrogens is 316 g/mol. The van der Waals surface area contributed by atoms with Crippen LogP contribution >= 0.6 is 0 Å². The van der Waals surface area contributed by atoms with Gasteiger partial charge in [0, 0.05) is 31.8 Å². The first-order chi connectivity index (χ1) is 12.0. The van der Waals surface area contributed by atoms with Crippen LogP contribution in [0, 0.1) is 5.41 Å². The molecular formula is C21H44O4. The highest BCUT2D eigenvalue weighted by molar-refractivity contribution is 4.67. The van der Waals surface area contributed by atoms with Gasteiger partial charge in [-0.3, -0.25) is 0 Å². The van der Waals surface area contributed by atoms with Gasteiger partial charge < -0.3 is 19.7 Å². The molecule has 0 aromatic carbocycles. The van der Waals surface area contributed by atoms with E-state index in [1.165, 1.54) is 38.5 Å². The molecule has 0 amide bonds. The van der Waals surface area contributed by atoms with Crippen LogP contribution in [0.5, 0.6) is 0 Å². The van der Waals surface area contributed by atoms with Gasteiger partial charge in [0.25, 0.3) is 0 Å². The van der Waals surface area contributed by atoms with E-state index in [1.807, 2.05) is 0 Å². The van der Waals surface area contributed by atoms with Gasteiger partial charge in [-0.05, 0) is 25.7 Å². The van der Waals surface area contributed by atoms with Gasteiger partial charge in [-0.15, -0.1) is 0 Å². The summed E-state index contributed by atoms with van der Waals surface area (Å²) in [5.74, 6) is 0. The summed E-state index contributed by atoms with van der Waals surface area (Å²) in [5, 5.41) is 17.5. The molecule has 0 heterocycles. The molecule has 4 heteroatoms. The SMILES string of the molecule is CC(C)(C)C(OCCCCCCCCO)OCCCCCCCCO. The van der Waals surface area contributed by atoms with E-state index in [4.69, 9.17) is 19.7 Å². The molecule has 2 N–H and O–H groups in total. The highest BCUT2D eigenvalue weighted by Crippen LogP contribution is 2.24. The zero-order valence-electron chi connectivity index (χ0n) is 17.1. The van der Waals surface area contributed by atoms with E-state index < -0.39 is 0 Å². The molecule has 0 aliphatic carbocycles. The fraction of sp³-hybridized carbons (Fsp3) is 1.00. The maximum Gasteiger partial charge on any atom is 0.162 e. The molecule has 0 aliphatic rings. The summed E-state index contributed by atoms with van der Waals surface area (Å²) in [7, 11) is 0. The first kappa shape index (κ1) is 24.8. The molecule has 0 aromatic rings. The molecule has 0 aliphatic heterocycles. The second kappa shape index (κ2) is 17.3. The number of aliphatic hydroxyl groups is 2. The molecule has 0 saturated carbocycles.